The molecule has 1 saturated carbocycles. The Morgan fingerprint density at radius 2 is 1.94 bits per heavy atom. The number of carboxylic acid groups (broad SMARTS) is 1. The average molecular weight is 227 g/mol. The van der Waals surface area contributed by atoms with Crippen molar-refractivity contribution in [2.24, 2.45) is 11.3 Å². The Hall–Kier alpha value is -0.570. The summed E-state index contributed by atoms with van der Waals surface area (Å²) in [5, 5.41) is 11.8. The molecule has 94 valence electrons. The maximum absolute atomic E-state index is 10.4. The van der Waals surface area contributed by atoms with Crippen LogP contribution in [-0.4, -0.2) is 24.2 Å². The van der Waals surface area contributed by atoms with Crippen LogP contribution in [0.2, 0.25) is 0 Å². The number of aliphatic carboxylic acids is 1. The predicted molar refractivity (Wildman–Crippen MR) is 65.5 cm³/mol. The topological polar surface area (TPSA) is 49.3 Å². The van der Waals surface area contributed by atoms with E-state index in [0.29, 0.717) is 12.0 Å². The second-order valence-electron chi connectivity index (χ2n) is 5.64. The largest absolute Gasteiger partial charge is 0.481 e. The molecule has 0 aromatic heterocycles. The van der Waals surface area contributed by atoms with Gasteiger partial charge in [0.15, 0.2) is 0 Å². The molecule has 1 fully saturated rings. The van der Waals surface area contributed by atoms with Crippen molar-refractivity contribution in [1.82, 2.24) is 5.32 Å². The number of rotatable bonds is 6. The molecular formula is C13H25NO2. The van der Waals surface area contributed by atoms with E-state index in [1.807, 2.05) is 0 Å². The molecule has 1 rings (SSSR count). The number of hydrogen-bond acceptors (Lipinski definition) is 2. The van der Waals surface area contributed by atoms with Gasteiger partial charge in [0.1, 0.15) is 0 Å². The normalized spacial score (nSPS) is 18.6. The van der Waals surface area contributed by atoms with Crippen molar-refractivity contribution < 1.29 is 9.90 Å². The van der Waals surface area contributed by atoms with Crippen molar-refractivity contribution in [2.75, 3.05) is 13.1 Å². The van der Waals surface area contributed by atoms with Crippen LogP contribution in [0.25, 0.3) is 0 Å². The van der Waals surface area contributed by atoms with Gasteiger partial charge in [-0.25, -0.2) is 0 Å². The van der Waals surface area contributed by atoms with Crippen molar-refractivity contribution in [3.8, 4) is 0 Å². The highest BCUT2D eigenvalue weighted by atomic mass is 16.4. The molecule has 0 heterocycles. The zero-order chi connectivity index (χ0) is 12.0. The first-order valence-electron chi connectivity index (χ1n) is 6.45. The Labute approximate surface area is 98.6 Å². The van der Waals surface area contributed by atoms with Crippen LogP contribution >= 0.6 is 0 Å². The zero-order valence-corrected chi connectivity index (χ0v) is 10.6. The summed E-state index contributed by atoms with van der Waals surface area (Å²) in [6.07, 6.45) is 7.02. The lowest BCUT2D eigenvalue weighted by Crippen LogP contribution is -2.37. The quantitative estimate of drug-likeness (QED) is 0.686. The fourth-order valence-corrected chi connectivity index (χ4v) is 2.63. The first-order valence-corrected chi connectivity index (χ1v) is 6.45. The Morgan fingerprint density at radius 3 is 2.50 bits per heavy atom. The van der Waals surface area contributed by atoms with Crippen LogP contribution < -0.4 is 5.32 Å². The van der Waals surface area contributed by atoms with E-state index in [1.54, 1.807) is 0 Å². The molecule has 0 radical (unpaired) electrons. The predicted octanol–water partition coefficient (Wildman–Crippen LogP) is 2.66. The lowest BCUT2D eigenvalue weighted by Gasteiger charge is -2.37. The van der Waals surface area contributed by atoms with Crippen LogP contribution in [-0.2, 0) is 4.79 Å². The smallest absolute Gasteiger partial charge is 0.304 e. The van der Waals surface area contributed by atoms with Gasteiger partial charge >= 0.3 is 5.97 Å². The van der Waals surface area contributed by atoms with Gasteiger partial charge in [-0.2, -0.15) is 0 Å². The van der Waals surface area contributed by atoms with E-state index in [2.05, 4.69) is 19.2 Å². The maximum Gasteiger partial charge on any atom is 0.304 e. The second kappa shape index (κ2) is 6.24. The zero-order valence-electron chi connectivity index (χ0n) is 10.6. The Kier molecular flexibility index (Phi) is 5.26. The van der Waals surface area contributed by atoms with Gasteiger partial charge in [0.05, 0.1) is 6.42 Å². The number of carbonyl (C=O) groups is 1. The van der Waals surface area contributed by atoms with Crippen LogP contribution in [0, 0.1) is 11.3 Å². The fourth-order valence-electron chi connectivity index (χ4n) is 2.63. The van der Waals surface area contributed by atoms with E-state index < -0.39 is 5.97 Å². The van der Waals surface area contributed by atoms with Gasteiger partial charge in [-0.05, 0) is 24.2 Å². The van der Waals surface area contributed by atoms with Gasteiger partial charge in [0.25, 0.3) is 0 Å². The van der Waals surface area contributed by atoms with Crippen LogP contribution in [0.1, 0.15) is 52.4 Å². The average Bonchev–Trinajstić information content (AvgIpc) is 2.26. The maximum atomic E-state index is 10.4. The molecule has 0 atom stereocenters. The summed E-state index contributed by atoms with van der Waals surface area (Å²) in [6, 6.07) is 0. The molecule has 0 bridgehead atoms. The highest BCUT2D eigenvalue weighted by Crippen LogP contribution is 2.37. The molecule has 1 aliphatic carbocycles. The van der Waals surface area contributed by atoms with E-state index in [0.717, 1.165) is 12.5 Å². The number of hydrogen-bond donors (Lipinski definition) is 2. The molecule has 0 saturated heterocycles. The third kappa shape index (κ3) is 4.52. The van der Waals surface area contributed by atoms with Crippen LogP contribution in [0.4, 0.5) is 0 Å². The summed E-state index contributed by atoms with van der Waals surface area (Å²) in [5.41, 5.74) is 0.304. The van der Waals surface area contributed by atoms with Gasteiger partial charge in [0.2, 0.25) is 0 Å². The second-order valence-corrected chi connectivity index (χ2v) is 5.64. The minimum atomic E-state index is -0.719. The molecule has 0 spiro atoms. The molecule has 0 unspecified atom stereocenters. The molecule has 3 heteroatoms. The molecule has 0 aliphatic heterocycles. The molecule has 0 aromatic carbocycles. The lowest BCUT2D eigenvalue weighted by atomic mass is 9.71. The lowest BCUT2D eigenvalue weighted by molar-refractivity contribution is -0.136. The summed E-state index contributed by atoms with van der Waals surface area (Å²) in [7, 11) is 0. The van der Waals surface area contributed by atoms with Crippen molar-refractivity contribution in [1.29, 1.82) is 0 Å². The first-order chi connectivity index (χ1) is 7.52. The van der Waals surface area contributed by atoms with E-state index in [-0.39, 0.29) is 6.42 Å². The summed E-state index contributed by atoms with van der Waals surface area (Å²) in [6.45, 7) is 6.13. The van der Waals surface area contributed by atoms with Gasteiger partial charge < -0.3 is 10.4 Å². The fraction of sp³-hybridized carbons (Fsp3) is 0.923. The van der Waals surface area contributed by atoms with E-state index >= 15 is 0 Å². The Morgan fingerprint density at radius 1 is 1.31 bits per heavy atom. The standard InChI is InChI=1S/C13H25NO2/c1-13(2,10-14-9-8-12(15)16)11-6-4-3-5-7-11/h11,14H,3-10H2,1-2H3,(H,15,16). The van der Waals surface area contributed by atoms with Gasteiger partial charge in [-0.1, -0.05) is 33.1 Å². The van der Waals surface area contributed by atoms with E-state index in [1.165, 1.54) is 32.1 Å². The number of nitrogens with one attached hydrogen (secondary N) is 1. The Bertz CT molecular complexity index is 220. The van der Waals surface area contributed by atoms with E-state index in [4.69, 9.17) is 5.11 Å². The van der Waals surface area contributed by atoms with Crippen LogP contribution in [0.15, 0.2) is 0 Å². The summed E-state index contributed by atoms with van der Waals surface area (Å²) >= 11 is 0. The van der Waals surface area contributed by atoms with E-state index in [9.17, 15) is 4.79 Å². The van der Waals surface area contributed by atoms with Gasteiger partial charge in [0, 0.05) is 13.1 Å². The third-order valence-electron chi connectivity index (χ3n) is 3.81. The molecule has 2 N–H and O–H groups in total. The highest BCUT2D eigenvalue weighted by molar-refractivity contribution is 5.66. The van der Waals surface area contributed by atoms with Gasteiger partial charge in [-0.3, -0.25) is 4.79 Å². The molecule has 1 aliphatic rings. The van der Waals surface area contributed by atoms with Crippen molar-refractivity contribution >= 4 is 5.97 Å². The SMILES string of the molecule is CC(C)(CNCCC(=O)O)C1CCCCC1. The summed E-state index contributed by atoms with van der Waals surface area (Å²) < 4.78 is 0. The summed E-state index contributed by atoms with van der Waals surface area (Å²) in [4.78, 5) is 10.4. The summed E-state index contributed by atoms with van der Waals surface area (Å²) in [5.74, 6) is 0.0848. The third-order valence-corrected chi connectivity index (χ3v) is 3.81. The van der Waals surface area contributed by atoms with Crippen molar-refractivity contribution in [3.05, 3.63) is 0 Å². The molecular weight excluding hydrogens is 202 g/mol. The monoisotopic (exact) mass is 227 g/mol. The minimum Gasteiger partial charge on any atom is -0.481 e. The van der Waals surface area contributed by atoms with Crippen LogP contribution in [0.5, 0.6) is 0 Å². The first kappa shape index (κ1) is 13.5. The number of carboxylic acids is 1. The molecule has 0 amide bonds. The molecule has 0 aromatic rings. The Balaban J connectivity index is 2.24. The van der Waals surface area contributed by atoms with Crippen molar-refractivity contribution in [2.45, 2.75) is 52.4 Å². The highest BCUT2D eigenvalue weighted by Gasteiger charge is 2.29. The molecule has 16 heavy (non-hydrogen) atoms. The van der Waals surface area contributed by atoms with Crippen LogP contribution in [0.3, 0.4) is 0 Å². The minimum absolute atomic E-state index is 0.223. The van der Waals surface area contributed by atoms with Gasteiger partial charge in [-0.15, -0.1) is 0 Å². The molecule has 3 nitrogen and oxygen atoms in total. The van der Waals surface area contributed by atoms with Crippen molar-refractivity contribution in [3.63, 3.8) is 0 Å².